The minimum atomic E-state index is -3.83. The smallest absolute Gasteiger partial charge is 0.246 e. The predicted octanol–water partition coefficient (Wildman–Crippen LogP) is 1.51. The van der Waals surface area contributed by atoms with Crippen LogP contribution in [0.25, 0.3) is 0 Å². The molecule has 0 spiro atoms. The van der Waals surface area contributed by atoms with E-state index in [1.807, 2.05) is 0 Å². The minimum Gasteiger partial charge on any atom is -0.399 e. The van der Waals surface area contributed by atoms with Crippen LogP contribution in [0.1, 0.15) is 20.8 Å². The highest BCUT2D eigenvalue weighted by molar-refractivity contribution is 7.89. The van der Waals surface area contributed by atoms with Crippen molar-refractivity contribution in [1.82, 2.24) is 9.21 Å². The van der Waals surface area contributed by atoms with Gasteiger partial charge in [0.1, 0.15) is 10.7 Å². The quantitative estimate of drug-likeness (QED) is 0.840. The third-order valence-electron chi connectivity index (χ3n) is 3.76. The molecule has 1 heterocycles. The van der Waals surface area contributed by atoms with Gasteiger partial charge in [0.25, 0.3) is 0 Å². The number of hydrogen-bond acceptors (Lipinski definition) is 4. The van der Waals surface area contributed by atoms with Crippen LogP contribution >= 0.6 is 0 Å². The Morgan fingerprint density at radius 2 is 1.71 bits per heavy atom. The number of sulfonamides is 1. The van der Waals surface area contributed by atoms with Crippen molar-refractivity contribution < 1.29 is 12.8 Å². The normalized spacial score (nSPS) is 18.9. The van der Waals surface area contributed by atoms with Gasteiger partial charge in [-0.15, -0.1) is 0 Å². The highest BCUT2D eigenvalue weighted by Crippen LogP contribution is 2.24. The first-order valence-electron chi connectivity index (χ1n) is 6.92. The average Bonchev–Trinajstić information content (AvgIpc) is 2.40. The summed E-state index contributed by atoms with van der Waals surface area (Å²) in [4.78, 5) is 1.88. The van der Waals surface area contributed by atoms with Crippen LogP contribution in [0.2, 0.25) is 0 Å². The zero-order valence-electron chi connectivity index (χ0n) is 12.6. The van der Waals surface area contributed by atoms with E-state index in [-0.39, 0.29) is 16.1 Å². The fourth-order valence-electron chi connectivity index (χ4n) is 2.46. The molecule has 2 rings (SSSR count). The van der Waals surface area contributed by atoms with Crippen molar-refractivity contribution in [3.63, 3.8) is 0 Å². The molecular weight excluding hydrogens is 293 g/mol. The summed E-state index contributed by atoms with van der Waals surface area (Å²) in [5, 5.41) is 0. The molecule has 21 heavy (non-hydrogen) atoms. The molecule has 7 heteroatoms. The fraction of sp³-hybridized carbons (Fsp3) is 0.571. The van der Waals surface area contributed by atoms with Gasteiger partial charge in [0, 0.05) is 37.4 Å². The molecule has 0 bridgehead atoms. The Balaban J connectivity index is 2.21. The standard InChI is InChI=1S/C14H22FN3O2S/c1-14(2,3)17-6-8-18(9-7-17)21(19,20)13-10-11(16)4-5-12(13)15/h4-5,10H,6-9,16H2,1-3H3. The minimum absolute atomic E-state index is 0.00171. The number of anilines is 1. The lowest BCUT2D eigenvalue weighted by Gasteiger charge is -2.41. The van der Waals surface area contributed by atoms with E-state index in [0.717, 1.165) is 6.07 Å². The third kappa shape index (κ3) is 3.36. The van der Waals surface area contributed by atoms with E-state index in [4.69, 9.17) is 5.73 Å². The first kappa shape index (κ1) is 16.2. The summed E-state index contributed by atoms with van der Waals surface area (Å²) in [6, 6.07) is 3.63. The number of halogens is 1. The van der Waals surface area contributed by atoms with Gasteiger partial charge in [-0.1, -0.05) is 0 Å². The first-order valence-corrected chi connectivity index (χ1v) is 8.36. The molecule has 1 aliphatic heterocycles. The molecule has 0 radical (unpaired) electrons. The summed E-state index contributed by atoms with van der Waals surface area (Å²) in [6.45, 7) is 8.25. The number of benzene rings is 1. The molecule has 1 aliphatic rings. The predicted molar refractivity (Wildman–Crippen MR) is 80.9 cm³/mol. The van der Waals surface area contributed by atoms with Gasteiger partial charge in [-0.3, -0.25) is 4.90 Å². The van der Waals surface area contributed by atoms with Crippen molar-refractivity contribution in [3.05, 3.63) is 24.0 Å². The Bertz CT molecular complexity index is 618. The second-order valence-corrected chi connectivity index (χ2v) is 8.16. The van der Waals surface area contributed by atoms with E-state index >= 15 is 0 Å². The molecule has 1 saturated heterocycles. The van der Waals surface area contributed by atoms with Crippen molar-refractivity contribution >= 4 is 15.7 Å². The lowest BCUT2D eigenvalue weighted by molar-refractivity contribution is 0.0921. The van der Waals surface area contributed by atoms with Crippen molar-refractivity contribution in [2.75, 3.05) is 31.9 Å². The lowest BCUT2D eigenvalue weighted by Crippen LogP contribution is -2.54. The molecule has 0 unspecified atom stereocenters. The van der Waals surface area contributed by atoms with Crippen LogP contribution in [-0.2, 0) is 10.0 Å². The molecular formula is C14H22FN3O2S. The molecule has 0 aromatic heterocycles. The third-order valence-corrected chi connectivity index (χ3v) is 5.67. The monoisotopic (exact) mass is 315 g/mol. The summed E-state index contributed by atoms with van der Waals surface area (Å²) in [6.07, 6.45) is 0. The molecule has 5 nitrogen and oxygen atoms in total. The highest BCUT2D eigenvalue weighted by atomic mass is 32.2. The molecule has 1 fully saturated rings. The Morgan fingerprint density at radius 1 is 1.14 bits per heavy atom. The van der Waals surface area contributed by atoms with Crippen LogP contribution in [-0.4, -0.2) is 49.3 Å². The maximum Gasteiger partial charge on any atom is 0.246 e. The first-order chi connectivity index (χ1) is 9.62. The van der Waals surface area contributed by atoms with Crippen LogP contribution in [0, 0.1) is 5.82 Å². The van der Waals surface area contributed by atoms with Crippen LogP contribution in [0.15, 0.2) is 23.1 Å². The van der Waals surface area contributed by atoms with Gasteiger partial charge in [0.05, 0.1) is 0 Å². The molecule has 0 amide bonds. The molecule has 0 saturated carbocycles. The number of rotatable bonds is 2. The van der Waals surface area contributed by atoms with E-state index in [9.17, 15) is 12.8 Å². The lowest BCUT2D eigenvalue weighted by atomic mass is 10.1. The second kappa shape index (κ2) is 5.55. The van der Waals surface area contributed by atoms with Gasteiger partial charge < -0.3 is 5.73 Å². The molecule has 118 valence electrons. The molecule has 1 aromatic rings. The van der Waals surface area contributed by atoms with Crippen LogP contribution in [0.5, 0.6) is 0 Å². The van der Waals surface area contributed by atoms with Crippen molar-refractivity contribution in [2.24, 2.45) is 0 Å². The SMILES string of the molecule is CC(C)(C)N1CCN(S(=O)(=O)c2cc(N)ccc2F)CC1. The van der Waals surface area contributed by atoms with E-state index in [1.165, 1.54) is 16.4 Å². The summed E-state index contributed by atoms with van der Waals surface area (Å²) in [5.74, 6) is -0.762. The van der Waals surface area contributed by atoms with Crippen molar-refractivity contribution in [2.45, 2.75) is 31.2 Å². The van der Waals surface area contributed by atoms with Gasteiger partial charge in [-0.25, -0.2) is 12.8 Å². The van der Waals surface area contributed by atoms with Crippen LogP contribution in [0.3, 0.4) is 0 Å². The average molecular weight is 315 g/mol. The highest BCUT2D eigenvalue weighted by Gasteiger charge is 2.33. The molecule has 0 aliphatic carbocycles. The van der Waals surface area contributed by atoms with E-state index in [2.05, 4.69) is 25.7 Å². The van der Waals surface area contributed by atoms with Gasteiger partial charge in [0.15, 0.2) is 0 Å². The van der Waals surface area contributed by atoms with Gasteiger partial charge >= 0.3 is 0 Å². The van der Waals surface area contributed by atoms with Crippen molar-refractivity contribution in [3.8, 4) is 0 Å². The fourth-order valence-corrected chi connectivity index (χ4v) is 3.98. The molecule has 2 N–H and O–H groups in total. The number of nitrogen functional groups attached to an aromatic ring is 1. The summed E-state index contributed by atoms with van der Waals surface area (Å²) in [7, 11) is -3.83. The summed E-state index contributed by atoms with van der Waals surface area (Å²) < 4.78 is 40.2. The van der Waals surface area contributed by atoms with Crippen LogP contribution < -0.4 is 5.73 Å². The van der Waals surface area contributed by atoms with Gasteiger partial charge in [-0.2, -0.15) is 4.31 Å². The zero-order chi connectivity index (χ0) is 15.8. The summed E-state index contributed by atoms with van der Waals surface area (Å²) in [5.41, 5.74) is 5.81. The Morgan fingerprint density at radius 3 is 2.24 bits per heavy atom. The molecule has 0 atom stereocenters. The number of hydrogen-bond donors (Lipinski definition) is 1. The molecule has 1 aromatic carbocycles. The maximum absolute atomic E-state index is 13.8. The number of nitrogens with two attached hydrogens (primary N) is 1. The van der Waals surface area contributed by atoms with E-state index in [0.29, 0.717) is 26.2 Å². The van der Waals surface area contributed by atoms with E-state index in [1.54, 1.807) is 0 Å². The number of piperazine rings is 1. The van der Waals surface area contributed by atoms with Crippen LogP contribution in [0.4, 0.5) is 10.1 Å². The van der Waals surface area contributed by atoms with Gasteiger partial charge in [0.2, 0.25) is 10.0 Å². The second-order valence-electron chi connectivity index (χ2n) is 6.25. The Kier molecular flexibility index (Phi) is 4.28. The number of nitrogens with zero attached hydrogens (tertiary/aromatic N) is 2. The maximum atomic E-state index is 13.8. The van der Waals surface area contributed by atoms with Crippen molar-refractivity contribution in [1.29, 1.82) is 0 Å². The van der Waals surface area contributed by atoms with Gasteiger partial charge in [-0.05, 0) is 39.0 Å². The largest absolute Gasteiger partial charge is 0.399 e. The Hall–Kier alpha value is -1.18. The van der Waals surface area contributed by atoms with E-state index < -0.39 is 15.8 Å². The topological polar surface area (TPSA) is 66.6 Å². The summed E-state index contributed by atoms with van der Waals surface area (Å²) >= 11 is 0. The zero-order valence-corrected chi connectivity index (χ0v) is 13.5. The Labute approximate surface area is 125 Å².